The van der Waals surface area contributed by atoms with Crippen molar-refractivity contribution >= 4 is 28.4 Å². The van der Waals surface area contributed by atoms with Crippen LogP contribution in [0.5, 0.6) is 0 Å². The standard InChI is InChI=1S/C21H23N3O3/c1-14-15(20(25)22-11-13-27-3)6-4-8-18(14)23-21(26)17-7-5-9-19-16(17)10-12-24(19)2/h4-10,12H,11,13H2,1-3H3,(H,22,25)(H,23,26). The van der Waals surface area contributed by atoms with Gasteiger partial charge in [0.25, 0.3) is 11.8 Å². The van der Waals surface area contributed by atoms with Gasteiger partial charge in [-0.15, -0.1) is 0 Å². The van der Waals surface area contributed by atoms with Gasteiger partial charge in [0, 0.05) is 54.6 Å². The summed E-state index contributed by atoms with van der Waals surface area (Å²) >= 11 is 0. The van der Waals surface area contributed by atoms with E-state index >= 15 is 0 Å². The number of rotatable bonds is 6. The first kappa shape index (κ1) is 18.7. The van der Waals surface area contributed by atoms with Crippen LogP contribution in [0.1, 0.15) is 26.3 Å². The second-order valence-corrected chi connectivity index (χ2v) is 6.35. The molecule has 0 aliphatic heterocycles. The van der Waals surface area contributed by atoms with E-state index in [0.29, 0.717) is 30.0 Å². The summed E-state index contributed by atoms with van der Waals surface area (Å²) in [5, 5.41) is 6.63. The van der Waals surface area contributed by atoms with Crippen molar-refractivity contribution in [3.05, 3.63) is 65.4 Å². The topological polar surface area (TPSA) is 72.4 Å². The Morgan fingerprint density at radius 3 is 2.56 bits per heavy atom. The van der Waals surface area contributed by atoms with Crippen molar-refractivity contribution in [1.82, 2.24) is 9.88 Å². The molecule has 2 amide bonds. The van der Waals surface area contributed by atoms with Crippen LogP contribution in [0.15, 0.2) is 48.7 Å². The summed E-state index contributed by atoms with van der Waals surface area (Å²) in [6, 6.07) is 12.9. The molecule has 0 aliphatic rings. The Kier molecular flexibility index (Phi) is 5.57. The number of fused-ring (bicyclic) bond motifs is 1. The van der Waals surface area contributed by atoms with Gasteiger partial charge in [0.1, 0.15) is 0 Å². The molecular weight excluding hydrogens is 342 g/mol. The maximum Gasteiger partial charge on any atom is 0.256 e. The third-order valence-corrected chi connectivity index (χ3v) is 4.59. The maximum atomic E-state index is 12.8. The van der Waals surface area contributed by atoms with Gasteiger partial charge in [-0.3, -0.25) is 9.59 Å². The van der Waals surface area contributed by atoms with Gasteiger partial charge in [0.05, 0.1) is 6.61 Å². The fraction of sp³-hybridized carbons (Fsp3) is 0.238. The number of nitrogens with zero attached hydrogens (tertiary/aromatic N) is 1. The third kappa shape index (κ3) is 3.85. The van der Waals surface area contributed by atoms with Crippen LogP contribution in [0.4, 0.5) is 5.69 Å². The second kappa shape index (κ2) is 8.05. The normalized spacial score (nSPS) is 10.8. The van der Waals surface area contributed by atoms with Gasteiger partial charge in [0.15, 0.2) is 0 Å². The lowest BCUT2D eigenvalue weighted by Gasteiger charge is -2.13. The number of hydrogen-bond donors (Lipinski definition) is 2. The molecule has 2 aromatic carbocycles. The largest absolute Gasteiger partial charge is 0.383 e. The molecule has 1 aromatic heterocycles. The zero-order chi connectivity index (χ0) is 19.4. The molecule has 0 spiro atoms. The average molecular weight is 365 g/mol. The fourth-order valence-electron chi connectivity index (χ4n) is 3.07. The first-order chi connectivity index (χ1) is 13.0. The molecule has 3 rings (SSSR count). The van der Waals surface area contributed by atoms with Crippen LogP contribution in [0.25, 0.3) is 10.9 Å². The van der Waals surface area contributed by atoms with Crippen molar-refractivity contribution in [2.24, 2.45) is 7.05 Å². The van der Waals surface area contributed by atoms with Gasteiger partial charge in [-0.2, -0.15) is 0 Å². The summed E-state index contributed by atoms with van der Waals surface area (Å²) in [6.07, 6.45) is 1.93. The zero-order valence-electron chi connectivity index (χ0n) is 15.7. The molecule has 0 saturated heterocycles. The van der Waals surface area contributed by atoms with Crippen molar-refractivity contribution in [2.45, 2.75) is 6.92 Å². The fourth-order valence-corrected chi connectivity index (χ4v) is 3.07. The number of amides is 2. The van der Waals surface area contributed by atoms with Crippen molar-refractivity contribution in [1.29, 1.82) is 0 Å². The monoisotopic (exact) mass is 365 g/mol. The summed E-state index contributed by atoms with van der Waals surface area (Å²) in [4.78, 5) is 25.2. The molecule has 1 heterocycles. The van der Waals surface area contributed by atoms with E-state index in [9.17, 15) is 9.59 Å². The Hall–Kier alpha value is -3.12. The number of aryl methyl sites for hydroxylation is 1. The number of carbonyl (C=O) groups excluding carboxylic acids is 2. The van der Waals surface area contributed by atoms with E-state index < -0.39 is 0 Å². The molecule has 0 bridgehead atoms. The van der Waals surface area contributed by atoms with E-state index in [1.807, 2.05) is 42.9 Å². The lowest BCUT2D eigenvalue weighted by atomic mass is 10.0. The molecule has 0 radical (unpaired) electrons. The molecule has 6 nitrogen and oxygen atoms in total. The van der Waals surface area contributed by atoms with Gasteiger partial charge < -0.3 is 19.9 Å². The number of aromatic nitrogens is 1. The molecule has 3 aromatic rings. The summed E-state index contributed by atoms with van der Waals surface area (Å²) in [7, 11) is 3.53. The van der Waals surface area contributed by atoms with Crippen molar-refractivity contribution in [2.75, 3.05) is 25.6 Å². The van der Waals surface area contributed by atoms with E-state index in [2.05, 4.69) is 10.6 Å². The minimum Gasteiger partial charge on any atom is -0.383 e. The number of anilines is 1. The number of methoxy groups -OCH3 is 1. The van der Waals surface area contributed by atoms with Crippen LogP contribution >= 0.6 is 0 Å². The minimum absolute atomic E-state index is 0.189. The van der Waals surface area contributed by atoms with E-state index in [4.69, 9.17) is 4.74 Å². The third-order valence-electron chi connectivity index (χ3n) is 4.59. The molecule has 6 heteroatoms. The molecular formula is C21H23N3O3. The minimum atomic E-state index is -0.202. The summed E-state index contributed by atoms with van der Waals surface area (Å²) in [6.45, 7) is 2.70. The number of carbonyl (C=O) groups is 2. The Balaban J connectivity index is 1.84. The van der Waals surface area contributed by atoms with Crippen LogP contribution < -0.4 is 10.6 Å². The average Bonchev–Trinajstić information content (AvgIpc) is 3.04. The Morgan fingerprint density at radius 2 is 1.78 bits per heavy atom. The van der Waals surface area contributed by atoms with Gasteiger partial charge >= 0.3 is 0 Å². The molecule has 27 heavy (non-hydrogen) atoms. The Labute approximate surface area is 158 Å². The predicted octanol–water partition coefficient (Wildman–Crippen LogP) is 3.12. The zero-order valence-corrected chi connectivity index (χ0v) is 15.7. The van der Waals surface area contributed by atoms with Crippen molar-refractivity contribution in [3.8, 4) is 0 Å². The molecule has 0 aliphatic carbocycles. The summed E-state index contributed by atoms with van der Waals surface area (Å²) < 4.78 is 6.92. The van der Waals surface area contributed by atoms with Crippen molar-refractivity contribution < 1.29 is 14.3 Å². The highest BCUT2D eigenvalue weighted by Crippen LogP contribution is 2.23. The van der Waals surface area contributed by atoms with Gasteiger partial charge in [-0.25, -0.2) is 0 Å². The number of benzene rings is 2. The van der Waals surface area contributed by atoms with Gasteiger partial charge in [-0.05, 0) is 42.8 Å². The van der Waals surface area contributed by atoms with Crippen LogP contribution in [-0.2, 0) is 11.8 Å². The Morgan fingerprint density at radius 1 is 1.04 bits per heavy atom. The predicted molar refractivity (Wildman–Crippen MR) is 106 cm³/mol. The van der Waals surface area contributed by atoms with Crippen LogP contribution in [0.3, 0.4) is 0 Å². The highest BCUT2D eigenvalue weighted by molar-refractivity contribution is 6.13. The van der Waals surface area contributed by atoms with Crippen LogP contribution in [0, 0.1) is 6.92 Å². The number of ether oxygens (including phenoxy) is 1. The van der Waals surface area contributed by atoms with Gasteiger partial charge in [-0.1, -0.05) is 12.1 Å². The lowest BCUT2D eigenvalue weighted by Crippen LogP contribution is -2.27. The maximum absolute atomic E-state index is 12.8. The highest BCUT2D eigenvalue weighted by Gasteiger charge is 2.15. The highest BCUT2D eigenvalue weighted by atomic mass is 16.5. The number of hydrogen-bond acceptors (Lipinski definition) is 3. The van der Waals surface area contributed by atoms with E-state index in [0.717, 1.165) is 16.5 Å². The number of nitrogens with one attached hydrogen (secondary N) is 2. The molecule has 0 saturated carbocycles. The molecule has 2 N–H and O–H groups in total. The first-order valence-corrected chi connectivity index (χ1v) is 8.75. The summed E-state index contributed by atoms with van der Waals surface area (Å²) in [5.74, 6) is -0.391. The smallest absolute Gasteiger partial charge is 0.256 e. The molecule has 0 fully saturated rings. The van der Waals surface area contributed by atoms with E-state index in [-0.39, 0.29) is 11.8 Å². The Bertz CT molecular complexity index is 992. The molecule has 0 unspecified atom stereocenters. The second-order valence-electron chi connectivity index (χ2n) is 6.35. The molecule has 0 atom stereocenters. The lowest BCUT2D eigenvalue weighted by molar-refractivity contribution is 0.0935. The quantitative estimate of drug-likeness (QED) is 0.659. The molecule has 140 valence electrons. The van der Waals surface area contributed by atoms with E-state index in [1.165, 1.54) is 0 Å². The SMILES string of the molecule is COCCNC(=O)c1cccc(NC(=O)c2cccc3c2ccn3C)c1C. The van der Waals surface area contributed by atoms with Gasteiger partial charge in [0.2, 0.25) is 0 Å². The summed E-state index contributed by atoms with van der Waals surface area (Å²) in [5.41, 5.74) is 3.46. The van der Waals surface area contributed by atoms with E-state index in [1.54, 1.807) is 31.4 Å². The van der Waals surface area contributed by atoms with Crippen LogP contribution in [0.2, 0.25) is 0 Å². The van der Waals surface area contributed by atoms with Crippen LogP contribution in [-0.4, -0.2) is 36.6 Å². The first-order valence-electron chi connectivity index (χ1n) is 8.75. The van der Waals surface area contributed by atoms with Crippen molar-refractivity contribution in [3.63, 3.8) is 0 Å².